The lowest BCUT2D eigenvalue weighted by molar-refractivity contribution is 0.0132. The molecule has 2 bridgehead atoms. The molecule has 0 aliphatic carbocycles. The maximum absolute atomic E-state index is 12.9. The summed E-state index contributed by atoms with van der Waals surface area (Å²) >= 11 is 0. The van der Waals surface area contributed by atoms with Gasteiger partial charge in [-0.3, -0.25) is 15.1 Å². The quantitative estimate of drug-likeness (QED) is 0.197. The molecule has 2 fully saturated rings. The number of aromatic nitrogens is 5. The molecule has 49 heavy (non-hydrogen) atoms. The van der Waals surface area contributed by atoms with E-state index in [-0.39, 0.29) is 12.1 Å². The average Bonchev–Trinajstić information content (AvgIpc) is 3.89. The Bertz CT molecular complexity index is 2250. The van der Waals surface area contributed by atoms with Gasteiger partial charge >= 0.3 is 6.09 Å². The summed E-state index contributed by atoms with van der Waals surface area (Å²) in [4.78, 5) is 24.6. The molecule has 11 nitrogen and oxygen atoms in total. The van der Waals surface area contributed by atoms with Crippen LogP contribution >= 0.6 is 0 Å². The molecule has 1 amide bonds. The van der Waals surface area contributed by atoms with Crippen molar-refractivity contribution in [2.75, 3.05) is 31.1 Å². The van der Waals surface area contributed by atoms with E-state index in [4.69, 9.17) is 14.5 Å². The summed E-state index contributed by atoms with van der Waals surface area (Å²) in [7, 11) is 0. The van der Waals surface area contributed by atoms with Crippen LogP contribution in [-0.2, 0) is 4.74 Å². The molecule has 0 radical (unpaired) electrons. The second-order valence-electron chi connectivity index (χ2n) is 14.4. The summed E-state index contributed by atoms with van der Waals surface area (Å²) in [6, 6.07) is 19.5. The van der Waals surface area contributed by atoms with Crippen LogP contribution < -0.4 is 9.64 Å². The molecule has 2 saturated heterocycles. The summed E-state index contributed by atoms with van der Waals surface area (Å²) < 4.78 is 12.4. The fraction of sp³-hybridized carbons (Fsp3) is 0.316. The Morgan fingerprint density at radius 2 is 1.59 bits per heavy atom. The monoisotopic (exact) mass is 654 g/mol. The van der Waals surface area contributed by atoms with E-state index in [9.17, 15) is 4.79 Å². The molecule has 0 saturated carbocycles. The van der Waals surface area contributed by atoms with E-state index >= 15 is 0 Å². The van der Waals surface area contributed by atoms with Gasteiger partial charge in [-0.15, -0.1) is 0 Å². The van der Waals surface area contributed by atoms with Crippen molar-refractivity contribution in [2.45, 2.75) is 51.8 Å². The van der Waals surface area contributed by atoms with Gasteiger partial charge in [-0.05, 0) is 98.8 Å². The van der Waals surface area contributed by atoms with E-state index in [0.29, 0.717) is 12.6 Å². The molecule has 3 aliphatic heterocycles. The molecule has 0 unspecified atom stereocenters. The second kappa shape index (κ2) is 11.1. The number of anilines is 2. The number of ether oxygens (including phenoxy) is 2. The number of likely N-dealkylation sites (tertiary alicyclic amines) is 2. The lowest BCUT2D eigenvalue weighted by Gasteiger charge is -2.37. The number of nitrogens with zero attached hydrogens (tertiary/aromatic N) is 6. The van der Waals surface area contributed by atoms with Gasteiger partial charge in [-0.25, -0.2) is 9.78 Å². The topological polar surface area (TPSA) is 115 Å². The fourth-order valence-electron chi connectivity index (χ4n) is 7.64. The molecule has 248 valence electrons. The van der Waals surface area contributed by atoms with Crippen LogP contribution in [0.5, 0.6) is 11.5 Å². The molecule has 0 spiro atoms. The molecular formula is C38H38N8O3. The minimum Gasteiger partial charge on any atom is -0.451 e. The fourth-order valence-corrected chi connectivity index (χ4v) is 7.64. The summed E-state index contributed by atoms with van der Waals surface area (Å²) in [5.41, 5.74) is 7.89. The number of H-pyrrole nitrogens is 2. The number of aryl methyl sites for hydroxylation is 1. The third kappa shape index (κ3) is 5.25. The number of nitrogens with one attached hydrogen (secondary N) is 2. The highest BCUT2D eigenvalue weighted by atomic mass is 16.6. The first-order chi connectivity index (χ1) is 23.7. The van der Waals surface area contributed by atoms with Gasteiger partial charge in [0.2, 0.25) is 0 Å². The van der Waals surface area contributed by atoms with Gasteiger partial charge < -0.3 is 19.3 Å². The summed E-state index contributed by atoms with van der Waals surface area (Å²) in [6.07, 6.45) is 6.39. The zero-order valence-electron chi connectivity index (χ0n) is 28.0. The predicted molar refractivity (Wildman–Crippen MR) is 189 cm³/mol. The zero-order chi connectivity index (χ0) is 33.4. The van der Waals surface area contributed by atoms with E-state index in [1.165, 1.54) is 0 Å². The Morgan fingerprint density at radius 1 is 0.857 bits per heavy atom. The number of piperazine rings is 1. The Balaban J connectivity index is 1.04. The normalized spacial score (nSPS) is 18.6. The van der Waals surface area contributed by atoms with E-state index < -0.39 is 5.60 Å². The van der Waals surface area contributed by atoms with Crippen LogP contribution in [0.1, 0.15) is 32.8 Å². The van der Waals surface area contributed by atoms with Crippen LogP contribution in [0.2, 0.25) is 0 Å². The van der Waals surface area contributed by atoms with Gasteiger partial charge in [-0.2, -0.15) is 10.2 Å². The van der Waals surface area contributed by atoms with Crippen LogP contribution in [0, 0.1) is 6.92 Å². The van der Waals surface area contributed by atoms with E-state index in [1.54, 1.807) is 0 Å². The molecule has 2 N–H and O–H groups in total. The van der Waals surface area contributed by atoms with E-state index in [0.717, 1.165) is 98.7 Å². The minimum absolute atomic E-state index is 0.176. The largest absolute Gasteiger partial charge is 0.451 e. The molecule has 11 heteroatoms. The highest BCUT2D eigenvalue weighted by molar-refractivity contribution is 5.88. The number of fused-ring (bicyclic) bond motifs is 6. The number of carbonyl (C=O) groups excluding carboxylic acids is 1. The van der Waals surface area contributed by atoms with Crippen LogP contribution in [0.15, 0.2) is 73.2 Å². The Morgan fingerprint density at radius 3 is 2.31 bits per heavy atom. The maximum Gasteiger partial charge on any atom is 0.410 e. The van der Waals surface area contributed by atoms with Crippen LogP contribution in [0.4, 0.5) is 16.3 Å². The summed E-state index contributed by atoms with van der Waals surface area (Å²) in [6.45, 7) is 11.0. The molecule has 3 aromatic carbocycles. The smallest absolute Gasteiger partial charge is 0.410 e. The number of hydrogen-bond acceptors (Lipinski definition) is 8. The first kappa shape index (κ1) is 29.7. The average molecular weight is 655 g/mol. The SMILES string of the molecule is Cc1cc2c(cc1-c1ccc3[nH]ncc3c1)Oc1cc(-c3ccc4[nH]ncc4c3)cnc1N2CCN1C[C@@H]2C[C@H]1CN2C(=O)OC(C)(C)C. The number of amides is 1. The molecular weight excluding hydrogens is 616 g/mol. The first-order valence-corrected chi connectivity index (χ1v) is 16.9. The van der Waals surface area contributed by atoms with Crippen molar-refractivity contribution in [3.05, 3.63) is 78.8 Å². The number of carbonyl (C=O) groups is 1. The van der Waals surface area contributed by atoms with Gasteiger partial charge in [0.1, 0.15) is 5.60 Å². The molecule has 3 aliphatic rings. The molecule has 2 atom stereocenters. The van der Waals surface area contributed by atoms with Gasteiger partial charge in [0, 0.05) is 60.8 Å². The number of aromatic amines is 2. The van der Waals surface area contributed by atoms with E-state index in [1.807, 2.05) is 50.3 Å². The second-order valence-corrected chi connectivity index (χ2v) is 14.4. The van der Waals surface area contributed by atoms with E-state index in [2.05, 4.69) is 85.6 Å². The minimum atomic E-state index is -0.501. The molecule has 9 rings (SSSR count). The number of pyridine rings is 1. The highest BCUT2D eigenvalue weighted by Gasteiger charge is 2.46. The molecule has 6 aromatic rings. The van der Waals surface area contributed by atoms with Crippen LogP contribution in [-0.4, -0.2) is 85.1 Å². The van der Waals surface area contributed by atoms with Crippen molar-refractivity contribution in [1.82, 2.24) is 35.2 Å². The maximum atomic E-state index is 12.9. The van der Waals surface area contributed by atoms with Crippen molar-refractivity contribution in [2.24, 2.45) is 0 Å². The zero-order valence-corrected chi connectivity index (χ0v) is 28.0. The molecule has 3 aromatic heterocycles. The Hall–Kier alpha value is -5.42. The lowest BCUT2D eigenvalue weighted by Crippen LogP contribution is -2.51. The lowest BCUT2D eigenvalue weighted by atomic mass is 9.97. The third-order valence-corrected chi connectivity index (χ3v) is 10.0. The van der Waals surface area contributed by atoms with Crippen molar-refractivity contribution in [3.63, 3.8) is 0 Å². The van der Waals surface area contributed by atoms with Gasteiger partial charge in [-0.1, -0.05) is 12.1 Å². The number of benzene rings is 3. The van der Waals surface area contributed by atoms with Gasteiger partial charge in [0.05, 0.1) is 29.1 Å². The van der Waals surface area contributed by atoms with Crippen molar-refractivity contribution >= 4 is 39.4 Å². The van der Waals surface area contributed by atoms with Crippen molar-refractivity contribution < 1.29 is 14.3 Å². The predicted octanol–water partition coefficient (Wildman–Crippen LogP) is 7.41. The first-order valence-electron chi connectivity index (χ1n) is 16.9. The third-order valence-electron chi connectivity index (χ3n) is 10.0. The van der Waals surface area contributed by atoms with Crippen molar-refractivity contribution in [1.29, 1.82) is 0 Å². The Kier molecular flexibility index (Phi) is 6.70. The van der Waals surface area contributed by atoms with Crippen molar-refractivity contribution in [3.8, 4) is 33.8 Å². The number of hydrogen-bond donors (Lipinski definition) is 2. The van der Waals surface area contributed by atoms with Crippen LogP contribution in [0.3, 0.4) is 0 Å². The summed E-state index contributed by atoms with van der Waals surface area (Å²) in [5.74, 6) is 2.31. The number of rotatable bonds is 5. The highest BCUT2D eigenvalue weighted by Crippen LogP contribution is 2.49. The van der Waals surface area contributed by atoms with Crippen LogP contribution in [0.25, 0.3) is 44.1 Å². The summed E-state index contributed by atoms with van der Waals surface area (Å²) in [5, 5.41) is 16.6. The molecule has 6 heterocycles. The van der Waals surface area contributed by atoms with Gasteiger partial charge in [0.25, 0.3) is 0 Å². The Labute approximate surface area is 283 Å². The standard InChI is InChI=1S/C38H38N8O3/c1-22-11-33-34(16-30(22)24-6-8-32-27(13-24)19-41-43-32)48-35-14-25(23-5-7-31-26(12-23)18-40-42-31)17-39-36(35)45(33)10-9-44-20-29-15-28(44)21-46(29)37(47)49-38(2,3)4/h5-8,11-14,16-19,28-29H,9-10,15,20-21H2,1-4H3,(H,40,42)(H,41,43)/t28-,29-/m0/s1. The van der Waals surface area contributed by atoms with Gasteiger partial charge in [0.15, 0.2) is 17.3 Å².